The molecule has 7 heteroatoms. The summed E-state index contributed by atoms with van der Waals surface area (Å²) in [6.07, 6.45) is 0. The van der Waals surface area contributed by atoms with Crippen molar-refractivity contribution >= 4 is 63.1 Å². The Morgan fingerprint density at radius 3 is 2.46 bits per heavy atom. The van der Waals surface area contributed by atoms with Crippen LogP contribution in [0.4, 0.5) is 5.69 Å². The predicted octanol–water partition coefficient (Wildman–Crippen LogP) is 7.45. The van der Waals surface area contributed by atoms with Crippen molar-refractivity contribution in [2.24, 2.45) is 0 Å². The van der Waals surface area contributed by atoms with Gasteiger partial charge in [0.2, 0.25) is 0 Å². The van der Waals surface area contributed by atoms with E-state index in [0.29, 0.717) is 39.7 Å². The molecule has 0 aliphatic rings. The van der Waals surface area contributed by atoms with Crippen molar-refractivity contribution in [3.8, 4) is 11.5 Å². The summed E-state index contributed by atoms with van der Waals surface area (Å²) in [6.45, 7) is 0.930. The van der Waals surface area contributed by atoms with E-state index in [4.69, 9.17) is 44.3 Å². The van der Waals surface area contributed by atoms with E-state index in [1.807, 2.05) is 42.5 Å². The first-order valence-corrected chi connectivity index (χ1v) is 10.6. The highest BCUT2D eigenvalue weighted by Gasteiger charge is 2.13. The largest absolute Gasteiger partial charge is 0.493 e. The highest BCUT2D eigenvalue weighted by atomic mass is 127. The first-order chi connectivity index (χ1) is 13.5. The standard InChI is InChI=1S/C21H17Cl3INO2/c1-27-20-9-13(11-26-19-5-3-2-4-16(19)23)8-18(25)21(20)28-12-14-6-7-15(22)10-17(14)24/h2-10,26H,11-12H2,1H3. The quantitative estimate of drug-likeness (QED) is 0.311. The van der Waals surface area contributed by atoms with E-state index in [0.717, 1.165) is 20.4 Å². The second-order valence-corrected chi connectivity index (χ2v) is 8.38. The molecule has 1 N–H and O–H groups in total. The lowest BCUT2D eigenvalue weighted by Gasteiger charge is -2.16. The Labute approximate surface area is 193 Å². The molecular weight excluding hydrogens is 531 g/mol. The van der Waals surface area contributed by atoms with Gasteiger partial charge in [0.15, 0.2) is 11.5 Å². The molecule has 0 radical (unpaired) electrons. The number of para-hydroxylation sites is 1. The summed E-state index contributed by atoms with van der Waals surface area (Å²) in [5.74, 6) is 1.34. The van der Waals surface area contributed by atoms with Gasteiger partial charge in [-0.2, -0.15) is 0 Å². The molecule has 0 fully saturated rings. The van der Waals surface area contributed by atoms with Crippen LogP contribution in [0.3, 0.4) is 0 Å². The Hall–Kier alpha value is -1.34. The predicted molar refractivity (Wildman–Crippen MR) is 125 cm³/mol. The molecule has 0 atom stereocenters. The number of methoxy groups -OCH3 is 1. The van der Waals surface area contributed by atoms with Gasteiger partial charge in [0, 0.05) is 22.2 Å². The lowest BCUT2D eigenvalue weighted by molar-refractivity contribution is 0.282. The van der Waals surface area contributed by atoms with Crippen LogP contribution in [0.25, 0.3) is 0 Å². The van der Waals surface area contributed by atoms with Gasteiger partial charge in [-0.3, -0.25) is 0 Å². The van der Waals surface area contributed by atoms with Crippen molar-refractivity contribution in [1.29, 1.82) is 0 Å². The summed E-state index contributed by atoms with van der Waals surface area (Å²) in [5, 5.41) is 5.19. The fourth-order valence-electron chi connectivity index (χ4n) is 2.61. The Bertz CT molecular complexity index is 982. The average Bonchev–Trinajstić information content (AvgIpc) is 2.67. The van der Waals surface area contributed by atoms with Gasteiger partial charge < -0.3 is 14.8 Å². The number of halogens is 4. The molecule has 0 unspecified atom stereocenters. The van der Waals surface area contributed by atoms with Crippen molar-refractivity contribution in [3.05, 3.63) is 84.4 Å². The van der Waals surface area contributed by atoms with E-state index in [1.54, 1.807) is 19.2 Å². The van der Waals surface area contributed by atoms with Crippen LogP contribution in [0, 0.1) is 3.57 Å². The first kappa shape index (κ1) is 21.4. The fourth-order valence-corrected chi connectivity index (χ4v) is 4.09. The topological polar surface area (TPSA) is 30.5 Å². The maximum Gasteiger partial charge on any atom is 0.174 e. The van der Waals surface area contributed by atoms with Crippen LogP contribution in [-0.4, -0.2) is 7.11 Å². The van der Waals surface area contributed by atoms with Crippen LogP contribution in [0.5, 0.6) is 11.5 Å². The lowest BCUT2D eigenvalue weighted by Crippen LogP contribution is -2.04. The molecule has 0 amide bonds. The van der Waals surface area contributed by atoms with Crippen molar-refractivity contribution in [3.63, 3.8) is 0 Å². The molecule has 3 aromatic rings. The zero-order valence-corrected chi connectivity index (χ0v) is 19.4. The fraction of sp³-hybridized carbons (Fsp3) is 0.143. The van der Waals surface area contributed by atoms with Gasteiger partial charge in [0.05, 0.1) is 21.4 Å². The summed E-state index contributed by atoms with van der Waals surface area (Å²) < 4.78 is 12.5. The molecule has 146 valence electrons. The third-order valence-corrected chi connectivity index (χ3v) is 5.75. The van der Waals surface area contributed by atoms with Gasteiger partial charge in [-0.25, -0.2) is 0 Å². The zero-order valence-electron chi connectivity index (χ0n) is 14.9. The Morgan fingerprint density at radius 2 is 1.75 bits per heavy atom. The van der Waals surface area contributed by atoms with Gasteiger partial charge in [0.1, 0.15) is 6.61 Å². The average molecular weight is 549 g/mol. The zero-order chi connectivity index (χ0) is 20.1. The Balaban J connectivity index is 1.75. The molecule has 3 aromatic carbocycles. The molecule has 0 spiro atoms. The van der Waals surface area contributed by atoms with E-state index in [2.05, 4.69) is 27.9 Å². The highest BCUT2D eigenvalue weighted by molar-refractivity contribution is 14.1. The number of hydrogen-bond acceptors (Lipinski definition) is 3. The summed E-state index contributed by atoms with van der Waals surface area (Å²) in [5.41, 5.74) is 2.79. The van der Waals surface area contributed by atoms with Gasteiger partial charge in [0.25, 0.3) is 0 Å². The molecule has 0 heterocycles. The lowest BCUT2D eigenvalue weighted by atomic mass is 10.2. The maximum absolute atomic E-state index is 6.23. The molecule has 0 saturated heterocycles. The summed E-state index contributed by atoms with van der Waals surface area (Å²) in [7, 11) is 1.62. The van der Waals surface area contributed by atoms with Crippen molar-refractivity contribution in [2.75, 3.05) is 12.4 Å². The molecule has 3 nitrogen and oxygen atoms in total. The van der Waals surface area contributed by atoms with Crippen molar-refractivity contribution < 1.29 is 9.47 Å². The third kappa shape index (κ3) is 5.38. The number of hydrogen-bond donors (Lipinski definition) is 1. The van der Waals surface area contributed by atoms with Crippen LogP contribution >= 0.6 is 57.4 Å². The number of nitrogens with one attached hydrogen (secondary N) is 1. The van der Waals surface area contributed by atoms with Crippen LogP contribution < -0.4 is 14.8 Å². The normalized spacial score (nSPS) is 10.6. The SMILES string of the molecule is COc1cc(CNc2ccccc2Cl)cc(I)c1OCc1ccc(Cl)cc1Cl. The summed E-state index contributed by atoms with van der Waals surface area (Å²) in [6, 6.07) is 17.0. The second kappa shape index (κ2) is 9.92. The molecule has 0 saturated carbocycles. The minimum Gasteiger partial charge on any atom is -0.493 e. The van der Waals surface area contributed by atoms with Crippen LogP contribution in [0.15, 0.2) is 54.6 Å². The summed E-state index contributed by atoms with van der Waals surface area (Å²) >= 11 is 20.6. The minimum atomic E-state index is 0.319. The van der Waals surface area contributed by atoms with E-state index in [-0.39, 0.29) is 0 Å². The monoisotopic (exact) mass is 547 g/mol. The van der Waals surface area contributed by atoms with E-state index in [9.17, 15) is 0 Å². The first-order valence-electron chi connectivity index (χ1n) is 8.39. The molecule has 0 aromatic heterocycles. The number of ether oxygens (including phenoxy) is 2. The molecule has 0 bridgehead atoms. The number of anilines is 1. The van der Waals surface area contributed by atoms with Crippen LogP contribution in [0.2, 0.25) is 15.1 Å². The van der Waals surface area contributed by atoms with Crippen molar-refractivity contribution in [2.45, 2.75) is 13.2 Å². The highest BCUT2D eigenvalue weighted by Crippen LogP contribution is 2.35. The smallest absolute Gasteiger partial charge is 0.174 e. The molecule has 0 aliphatic heterocycles. The van der Waals surface area contributed by atoms with Gasteiger partial charge in [-0.1, -0.05) is 53.0 Å². The van der Waals surface area contributed by atoms with E-state index < -0.39 is 0 Å². The molecular formula is C21H17Cl3INO2. The van der Waals surface area contributed by atoms with Crippen molar-refractivity contribution in [1.82, 2.24) is 0 Å². The molecule has 3 rings (SSSR count). The minimum absolute atomic E-state index is 0.319. The van der Waals surface area contributed by atoms with Gasteiger partial charge >= 0.3 is 0 Å². The third-order valence-electron chi connectivity index (χ3n) is 4.03. The van der Waals surface area contributed by atoms with Crippen LogP contribution in [-0.2, 0) is 13.2 Å². The second-order valence-electron chi connectivity index (χ2n) is 5.97. The number of rotatable bonds is 7. The molecule has 28 heavy (non-hydrogen) atoms. The van der Waals surface area contributed by atoms with E-state index in [1.165, 1.54) is 0 Å². The van der Waals surface area contributed by atoms with Crippen LogP contribution in [0.1, 0.15) is 11.1 Å². The Kier molecular flexibility index (Phi) is 7.57. The van der Waals surface area contributed by atoms with E-state index >= 15 is 0 Å². The number of benzene rings is 3. The Morgan fingerprint density at radius 1 is 0.964 bits per heavy atom. The summed E-state index contributed by atoms with van der Waals surface area (Å²) in [4.78, 5) is 0. The molecule has 0 aliphatic carbocycles. The van der Waals surface area contributed by atoms with Gasteiger partial charge in [-0.15, -0.1) is 0 Å². The maximum atomic E-state index is 6.23. The van der Waals surface area contributed by atoms with Gasteiger partial charge in [-0.05, 0) is 64.6 Å².